The molecular formula is C11H11N3O3. The topological polar surface area (TPSA) is 96.0 Å². The second-order valence-corrected chi connectivity index (χ2v) is 3.43. The quantitative estimate of drug-likeness (QED) is 0.628. The fraction of sp³-hybridized carbons (Fsp3) is 0.273. The maximum atomic E-state index is 11.1. The van der Waals surface area contributed by atoms with Crippen molar-refractivity contribution in [1.29, 1.82) is 5.26 Å². The summed E-state index contributed by atoms with van der Waals surface area (Å²) in [6, 6.07) is 6.41. The van der Waals surface area contributed by atoms with Gasteiger partial charge in [-0.3, -0.25) is 14.9 Å². The van der Waals surface area contributed by atoms with Gasteiger partial charge in [0.15, 0.2) is 0 Å². The lowest BCUT2D eigenvalue weighted by Crippen LogP contribution is -2.22. The van der Waals surface area contributed by atoms with Crippen molar-refractivity contribution < 1.29 is 9.72 Å². The summed E-state index contributed by atoms with van der Waals surface area (Å²) >= 11 is 0. The van der Waals surface area contributed by atoms with Crippen LogP contribution in [0.1, 0.15) is 17.5 Å². The van der Waals surface area contributed by atoms with Crippen LogP contribution in [0.2, 0.25) is 0 Å². The Morgan fingerprint density at radius 3 is 2.88 bits per heavy atom. The molecule has 6 nitrogen and oxygen atoms in total. The first kappa shape index (κ1) is 12.6. The van der Waals surface area contributed by atoms with E-state index in [1.54, 1.807) is 25.1 Å². The highest BCUT2D eigenvalue weighted by molar-refractivity contribution is 5.78. The molecule has 0 radical (unpaired) electrons. The first-order chi connectivity index (χ1) is 8.06. The van der Waals surface area contributed by atoms with E-state index in [1.165, 1.54) is 6.07 Å². The van der Waals surface area contributed by atoms with E-state index >= 15 is 0 Å². The molecule has 0 aliphatic rings. The van der Waals surface area contributed by atoms with Crippen molar-refractivity contribution in [3.05, 3.63) is 39.4 Å². The number of nitrogens with zero attached hydrogens (tertiary/aromatic N) is 2. The number of hydrogen-bond donors (Lipinski definition) is 1. The van der Waals surface area contributed by atoms with E-state index in [-0.39, 0.29) is 18.7 Å². The van der Waals surface area contributed by atoms with E-state index in [2.05, 4.69) is 5.32 Å². The van der Waals surface area contributed by atoms with Gasteiger partial charge in [0.25, 0.3) is 5.69 Å². The Balaban J connectivity index is 2.79. The third-order valence-electron chi connectivity index (χ3n) is 2.33. The molecule has 1 rings (SSSR count). The minimum atomic E-state index is -0.462. The van der Waals surface area contributed by atoms with Crippen LogP contribution in [0.5, 0.6) is 0 Å². The van der Waals surface area contributed by atoms with E-state index in [1.807, 2.05) is 0 Å². The van der Waals surface area contributed by atoms with Crippen molar-refractivity contribution in [3.63, 3.8) is 0 Å². The standard InChI is InChI=1S/C11H11N3O3/c1-8-9(7-13-11(15)5-6-12)3-2-4-10(8)14(16)17/h2-4H,5,7H2,1H3,(H,13,15). The summed E-state index contributed by atoms with van der Waals surface area (Å²) in [7, 11) is 0. The van der Waals surface area contributed by atoms with Crippen LogP contribution in [0, 0.1) is 28.4 Å². The van der Waals surface area contributed by atoms with Crippen LogP contribution in [0.3, 0.4) is 0 Å². The lowest BCUT2D eigenvalue weighted by Gasteiger charge is -2.06. The van der Waals surface area contributed by atoms with Crippen molar-refractivity contribution in [2.24, 2.45) is 0 Å². The van der Waals surface area contributed by atoms with Crippen LogP contribution in [-0.4, -0.2) is 10.8 Å². The second-order valence-electron chi connectivity index (χ2n) is 3.43. The van der Waals surface area contributed by atoms with Gasteiger partial charge in [0.05, 0.1) is 11.0 Å². The number of nitriles is 1. The number of amides is 1. The van der Waals surface area contributed by atoms with Gasteiger partial charge in [-0.15, -0.1) is 0 Å². The molecule has 0 saturated carbocycles. The largest absolute Gasteiger partial charge is 0.351 e. The van der Waals surface area contributed by atoms with Gasteiger partial charge in [-0.1, -0.05) is 12.1 Å². The third-order valence-corrected chi connectivity index (χ3v) is 2.33. The highest BCUT2D eigenvalue weighted by Gasteiger charge is 2.13. The minimum Gasteiger partial charge on any atom is -0.351 e. The lowest BCUT2D eigenvalue weighted by molar-refractivity contribution is -0.385. The highest BCUT2D eigenvalue weighted by atomic mass is 16.6. The molecule has 0 atom stereocenters. The molecule has 0 spiro atoms. The van der Waals surface area contributed by atoms with Gasteiger partial charge in [-0.25, -0.2) is 0 Å². The Bertz CT molecular complexity index is 491. The summed E-state index contributed by atoms with van der Waals surface area (Å²) in [5, 5.41) is 21.5. The van der Waals surface area contributed by atoms with E-state index in [0.29, 0.717) is 11.1 Å². The van der Waals surface area contributed by atoms with E-state index in [9.17, 15) is 14.9 Å². The highest BCUT2D eigenvalue weighted by Crippen LogP contribution is 2.20. The minimum absolute atomic E-state index is 0.0250. The first-order valence-electron chi connectivity index (χ1n) is 4.92. The number of rotatable bonds is 4. The molecule has 0 fully saturated rings. The second kappa shape index (κ2) is 5.61. The number of nitro benzene ring substituents is 1. The average Bonchev–Trinajstić information content (AvgIpc) is 2.27. The molecule has 0 aromatic heterocycles. The van der Waals surface area contributed by atoms with Crippen molar-refractivity contribution in [3.8, 4) is 6.07 Å². The van der Waals surface area contributed by atoms with Crippen molar-refractivity contribution in [2.75, 3.05) is 0 Å². The number of carbonyl (C=O) groups excluding carboxylic acids is 1. The smallest absolute Gasteiger partial charge is 0.272 e. The maximum Gasteiger partial charge on any atom is 0.272 e. The van der Waals surface area contributed by atoms with E-state index in [4.69, 9.17) is 5.26 Å². The summed E-state index contributed by atoms with van der Waals surface area (Å²) in [4.78, 5) is 21.3. The molecule has 0 heterocycles. The SMILES string of the molecule is Cc1c(CNC(=O)CC#N)cccc1[N+](=O)[O-]. The van der Waals surface area contributed by atoms with Gasteiger partial charge in [0, 0.05) is 18.2 Å². The fourth-order valence-corrected chi connectivity index (χ4v) is 1.39. The summed E-state index contributed by atoms with van der Waals surface area (Å²) in [6.07, 6.45) is -0.214. The van der Waals surface area contributed by atoms with Crippen molar-refractivity contribution in [1.82, 2.24) is 5.32 Å². The lowest BCUT2D eigenvalue weighted by atomic mass is 10.1. The van der Waals surface area contributed by atoms with Crippen LogP contribution in [-0.2, 0) is 11.3 Å². The molecule has 0 unspecified atom stereocenters. The normalized spacial score (nSPS) is 9.41. The Morgan fingerprint density at radius 1 is 1.59 bits per heavy atom. The van der Waals surface area contributed by atoms with Gasteiger partial charge >= 0.3 is 0 Å². The number of hydrogen-bond acceptors (Lipinski definition) is 4. The average molecular weight is 233 g/mol. The van der Waals surface area contributed by atoms with Crippen LogP contribution in [0.25, 0.3) is 0 Å². The zero-order valence-electron chi connectivity index (χ0n) is 9.27. The van der Waals surface area contributed by atoms with Gasteiger partial charge in [0.1, 0.15) is 6.42 Å². The molecule has 0 bridgehead atoms. The molecule has 17 heavy (non-hydrogen) atoms. The third kappa shape index (κ3) is 3.28. The molecule has 1 N–H and O–H groups in total. The fourth-order valence-electron chi connectivity index (χ4n) is 1.39. The van der Waals surface area contributed by atoms with Gasteiger partial charge in [-0.05, 0) is 12.5 Å². The molecule has 1 aromatic rings. The molecule has 1 amide bonds. The number of carbonyl (C=O) groups is 1. The molecular weight excluding hydrogens is 222 g/mol. The summed E-state index contributed by atoms with van der Waals surface area (Å²) in [6.45, 7) is 1.82. The number of nitrogens with one attached hydrogen (secondary N) is 1. The number of nitro groups is 1. The Hall–Kier alpha value is -2.42. The molecule has 0 aliphatic heterocycles. The monoisotopic (exact) mass is 233 g/mol. The molecule has 6 heteroatoms. The van der Waals surface area contributed by atoms with Gasteiger partial charge < -0.3 is 5.32 Å². The summed E-state index contributed by atoms with van der Waals surface area (Å²) in [5.41, 5.74) is 1.22. The summed E-state index contributed by atoms with van der Waals surface area (Å²) < 4.78 is 0. The van der Waals surface area contributed by atoms with Crippen LogP contribution in [0.15, 0.2) is 18.2 Å². The molecule has 88 valence electrons. The Morgan fingerprint density at radius 2 is 2.29 bits per heavy atom. The Labute approximate surface area is 98.0 Å². The molecule has 1 aromatic carbocycles. The predicted molar refractivity (Wildman–Crippen MR) is 59.9 cm³/mol. The maximum absolute atomic E-state index is 11.1. The van der Waals surface area contributed by atoms with Crippen LogP contribution in [0.4, 0.5) is 5.69 Å². The molecule has 0 saturated heterocycles. The van der Waals surface area contributed by atoms with Crippen molar-refractivity contribution in [2.45, 2.75) is 19.9 Å². The van der Waals surface area contributed by atoms with Gasteiger partial charge in [0.2, 0.25) is 5.91 Å². The zero-order valence-corrected chi connectivity index (χ0v) is 9.27. The summed E-state index contributed by atoms with van der Waals surface area (Å²) in [5.74, 6) is -0.390. The van der Waals surface area contributed by atoms with Gasteiger partial charge in [-0.2, -0.15) is 5.26 Å². The number of benzene rings is 1. The first-order valence-corrected chi connectivity index (χ1v) is 4.92. The van der Waals surface area contributed by atoms with Crippen molar-refractivity contribution >= 4 is 11.6 Å². The Kier molecular flexibility index (Phi) is 4.17. The zero-order chi connectivity index (χ0) is 12.8. The van der Waals surface area contributed by atoms with E-state index < -0.39 is 10.8 Å². The van der Waals surface area contributed by atoms with Crippen LogP contribution < -0.4 is 5.32 Å². The van der Waals surface area contributed by atoms with Crippen LogP contribution >= 0.6 is 0 Å². The van der Waals surface area contributed by atoms with E-state index in [0.717, 1.165) is 0 Å². The molecule has 0 aliphatic carbocycles. The predicted octanol–water partition coefficient (Wildman–Crippen LogP) is 1.43.